The highest BCUT2D eigenvalue weighted by molar-refractivity contribution is 14.1. The molecule has 0 N–H and O–H groups in total. The van der Waals surface area contributed by atoms with Gasteiger partial charge in [0.05, 0.1) is 4.43 Å². The molecular weight excluding hydrogens is 219 g/mol. The molecule has 0 aliphatic carbocycles. The Morgan fingerprint density at radius 2 is 2.57 bits per heavy atom. The van der Waals surface area contributed by atoms with E-state index in [9.17, 15) is 0 Å². The summed E-state index contributed by atoms with van der Waals surface area (Å²) in [5.74, 6) is 0. The minimum absolute atomic E-state index is 1.31. The molecule has 0 bridgehead atoms. The number of hydrogen-bond donors (Lipinski definition) is 0. The molecule has 1 radical (unpaired) electrons. The van der Waals surface area contributed by atoms with E-state index in [1.807, 2.05) is 0 Å². The van der Waals surface area contributed by atoms with Gasteiger partial charge in [0, 0.05) is 0 Å². The molecule has 2 heteroatoms. The maximum absolute atomic E-state index is 2.23. The summed E-state index contributed by atoms with van der Waals surface area (Å²) < 4.78 is 2.06. The van der Waals surface area contributed by atoms with E-state index in [-0.39, 0.29) is 0 Å². The van der Waals surface area contributed by atoms with E-state index in [0.717, 1.165) is 0 Å². The first-order valence-electron chi connectivity index (χ1n) is 1.89. The molecule has 0 unspecified atom stereocenters. The SMILES string of the molecule is I[CH]c1ccsc1. The van der Waals surface area contributed by atoms with Crippen molar-refractivity contribution in [2.45, 2.75) is 0 Å². The molecule has 0 saturated heterocycles. The third-order valence-electron chi connectivity index (χ3n) is 0.669. The van der Waals surface area contributed by atoms with Crippen molar-refractivity contribution in [3.05, 3.63) is 26.8 Å². The highest BCUT2D eigenvalue weighted by atomic mass is 127. The number of halogens is 1. The lowest BCUT2D eigenvalue weighted by molar-refractivity contribution is 1.78. The molecule has 0 spiro atoms. The van der Waals surface area contributed by atoms with E-state index in [1.54, 1.807) is 11.3 Å². The molecule has 0 amide bonds. The van der Waals surface area contributed by atoms with Crippen molar-refractivity contribution >= 4 is 33.9 Å². The van der Waals surface area contributed by atoms with Crippen molar-refractivity contribution in [2.24, 2.45) is 0 Å². The summed E-state index contributed by atoms with van der Waals surface area (Å²) >= 11 is 3.96. The summed E-state index contributed by atoms with van der Waals surface area (Å²) in [5.41, 5.74) is 1.31. The van der Waals surface area contributed by atoms with Gasteiger partial charge in [-0.15, -0.1) is 0 Å². The summed E-state index contributed by atoms with van der Waals surface area (Å²) in [5, 5.41) is 4.19. The van der Waals surface area contributed by atoms with Crippen molar-refractivity contribution in [1.29, 1.82) is 0 Å². The minimum atomic E-state index is 1.31. The second-order valence-corrected chi connectivity index (χ2v) is 2.57. The van der Waals surface area contributed by atoms with Crippen molar-refractivity contribution in [2.75, 3.05) is 0 Å². The van der Waals surface area contributed by atoms with Gasteiger partial charge in [-0.1, -0.05) is 22.6 Å². The Morgan fingerprint density at radius 1 is 1.71 bits per heavy atom. The third-order valence-corrected chi connectivity index (χ3v) is 2.09. The Bertz CT molecular complexity index is 123. The van der Waals surface area contributed by atoms with Crippen LogP contribution in [0.5, 0.6) is 0 Å². The van der Waals surface area contributed by atoms with Gasteiger partial charge in [-0.25, -0.2) is 0 Å². The first kappa shape index (κ1) is 5.56. The van der Waals surface area contributed by atoms with Crippen molar-refractivity contribution in [3.63, 3.8) is 0 Å². The molecule has 1 rings (SSSR count). The predicted molar refractivity (Wildman–Crippen MR) is 41.7 cm³/mol. The average molecular weight is 223 g/mol. The fraction of sp³-hybridized carbons (Fsp3) is 0. The van der Waals surface area contributed by atoms with Crippen LogP contribution < -0.4 is 0 Å². The highest BCUT2D eigenvalue weighted by Crippen LogP contribution is 2.11. The van der Waals surface area contributed by atoms with Crippen LogP contribution in [0.2, 0.25) is 0 Å². The molecule has 0 atom stereocenters. The minimum Gasteiger partial charge on any atom is -0.152 e. The molecule has 1 heterocycles. The van der Waals surface area contributed by atoms with E-state index in [0.29, 0.717) is 0 Å². The molecule has 0 saturated carbocycles. The molecule has 37 valence electrons. The van der Waals surface area contributed by atoms with Crippen LogP contribution in [0, 0.1) is 4.43 Å². The molecule has 1 aromatic rings. The van der Waals surface area contributed by atoms with E-state index in [4.69, 9.17) is 0 Å². The first-order valence-corrected chi connectivity index (χ1v) is 4.08. The van der Waals surface area contributed by atoms with Crippen LogP contribution in [-0.4, -0.2) is 0 Å². The predicted octanol–water partition coefficient (Wildman–Crippen LogP) is 2.69. The van der Waals surface area contributed by atoms with Crippen molar-refractivity contribution in [1.82, 2.24) is 0 Å². The topological polar surface area (TPSA) is 0 Å². The van der Waals surface area contributed by atoms with Gasteiger partial charge in [-0.2, -0.15) is 11.3 Å². The molecule has 0 nitrogen and oxygen atoms in total. The zero-order chi connectivity index (χ0) is 5.11. The summed E-state index contributed by atoms with van der Waals surface area (Å²) in [6.07, 6.45) is 0. The normalized spacial score (nSPS) is 9.29. The fourth-order valence-electron chi connectivity index (χ4n) is 0.337. The van der Waals surface area contributed by atoms with Gasteiger partial charge in [0.25, 0.3) is 0 Å². The van der Waals surface area contributed by atoms with E-state index in [2.05, 4.69) is 43.8 Å². The maximum atomic E-state index is 2.23. The molecule has 0 aliphatic heterocycles. The lowest BCUT2D eigenvalue weighted by Crippen LogP contribution is -1.57. The van der Waals surface area contributed by atoms with Crippen LogP contribution in [0.4, 0.5) is 0 Å². The van der Waals surface area contributed by atoms with Crippen LogP contribution in [0.15, 0.2) is 16.8 Å². The van der Waals surface area contributed by atoms with Crippen molar-refractivity contribution in [3.8, 4) is 0 Å². The molecule has 0 aromatic carbocycles. The number of rotatable bonds is 1. The molecule has 7 heavy (non-hydrogen) atoms. The lowest BCUT2D eigenvalue weighted by atomic mass is 10.4. The summed E-state index contributed by atoms with van der Waals surface area (Å²) in [6.45, 7) is 0. The van der Waals surface area contributed by atoms with E-state index >= 15 is 0 Å². The Hall–Kier alpha value is 0.430. The molecular formula is C5H4IS. The van der Waals surface area contributed by atoms with Crippen LogP contribution >= 0.6 is 33.9 Å². The lowest BCUT2D eigenvalue weighted by Gasteiger charge is -1.76. The van der Waals surface area contributed by atoms with Gasteiger partial charge < -0.3 is 0 Å². The quantitative estimate of drug-likeness (QED) is 0.642. The second-order valence-electron chi connectivity index (χ2n) is 1.17. The largest absolute Gasteiger partial charge is 0.152 e. The van der Waals surface area contributed by atoms with Crippen LogP contribution in [0.3, 0.4) is 0 Å². The average Bonchev–Trinajstić information content (AvgIpc) is 2.14. The van der Waals surface area contributed by atoms with Gasteiger partial charge in [-0.3, -0.25) is 0 Å². The van der Waals surface area contributed by atoms with E-state index in [1.165, 1.54) is 5.56 Å². The van der Waals surface area contributed by atoms with Crippen LogP contribution in [0.25, 0.3) is 0 Å². The molecule has 1 aromatic heterocycles. The van der Waals surface area contributed by atoms with Gasteiger partial charge in [-0.05, 0) is 22.4 Å². The van der Waals surface area contributed by atoms with Gasteiger partial charge in [0.1, 0.15) is 0 Å². The summed E-state index contributed by atoms with van der Waals surface area (Å²) in [6, 6.07) is 2.09. The first-order chi connectivity index (χ1) is 3.43. The van der Waals surface area contributed by atoms with Crippen LogP contribution in [-0.2, 0) is 0 Å². The van der Waals surface area contributed by atoms with Gasteiger partial charge in [0.15, 0.2) is 0 Å². The smallest absolute Gasteiger partial charge is 0.0526 e. The van der Waals surface area contributed by atoms with Gasteiger partial charge >= 0.3 is 0 Å². The maximum Gasteiger partial charge on any atom is 0.0526 e. The zero-order valence-electron chi connectivity index (χ0n) is 3.60. The standard InChI is InChI=1S/C5H4IS/c6-3-5-1-2-7-4-5/h1-4H. The number of hydrogen-bond acceptors (Lipinski definition) is 1. The van der Waals surface area contributed by atoms with E-state index < -0.39 is 0 Å². The molecule has 0 aliphatic rings. The fourth-order valence-corrected chi connectivity index (χ4v) is 1.59. The summed E-state index contributed by atoms with van der Waals surface area (Å²) in [4.78, 5) is 0. The van der Waals surface area contributed by atoms with Crippen LogP contribution in [0.1, 0.15) is 5.56 Å². The Kier molecular flexibility index (Phi) is 2.12. The van der Waals surface area contributed by atoms with Crippen molar-refractivity contribution < 1.29 is 0 Å². The Balaban J connectivity index is 2.76. The summed E-state index contributed by atoms with van der Waals surface area (Å²) in [7, 11) is 0. The zero-order valence-corrected chi connectivity index (χ0v) is 6.57. The molecule has 0 fully saturated rings. The third kappa shape index (κ3) is 1.42. The Morgan fingerprint density at radius 3 is 2.86 bits per heavy atom. The second kappa shape index (κ2) is 2.67. The Labute approximate surface area is 60.7 Å². The monoisotopic (exact) mass is 223 g/mol. The highest BCUT2D eigenvalue weighted by Gasteiger charge is 1.84. The number of thiophene rings is 1. The van der Waals surface area contributed by atoms with Gasteiger partial charge in [0.2, 0.25) is 0 Å².